The van der Waals surface area contributed by atoms with E-state index in [4.69, 9.17) is 5.26 Å². The molecule has 0 aliphatic carbocycles. The maximum absolute atomic E-state index is 11.0. The van der Waals surface area contributed by atoms with Crippen molar-refractivity contribution in [2.75, 3.05) is 26.7 Å². The van der Waals surface area contributed by atoms with Gasteiger partial charge in [0.15, 0.2) is 0 Å². The molecule has 0 bridgehead atoms. The van der Waals surface area contributed by atoms with Crippen LogP contribution in [0.2, 0.25) is 0 Å². The molecule has 0 aromatic carbocycles. The highest BCUT2D eigenvalue weighted by atomic mass is 16.5. The Morgan fingerprint density at radius 2 is 2.00 bits per heavy atom. The van der Waals surface area contributed by atoms with Gasteiger partial charge in [-0.1, -0.05) is 13.3 Å². The van der Waals surface area contributed by atoms with Crippen LogP contribution < -0.4 is 0 Å². The summed E-state index contributed by atoms with van der Waals surface area (Å²) < 4.78 is 4.63. The van der Waals surface area contributed by atoms with Crippen molar-refractivity contribution in [3.05, 3.63) is 0 Å². The van der Waals surface area contributed by atoms with Crippen LogP contribution in [0.3, 0.4) is 0 Å². The minimum atomic E-state index is -0.219. The Morgan fingerprint density at radius 3 is 2.50 bits per heavy atom. The average Bonchev–Trinajstić information content (AvgIpc) is 2.37. The van der Waals surface area contributed by atoms with Gasteiger partial charge in [0, 0.05) is 6.54 Å². The van der Waals surface area contributed by atoms with Gasteiger partial charge < -0.3 is 9.64 Å². The number of rotatable bonds is 9. The molecule has 0 atom stereocenters. The number of methoxy groups -OCH3 is 1. The van der Waals surface area contributed by atoms with Crippen LogP contribution in [0, 0.1) is 16.7 Å². The highest BCUT2D eigenvalue weighted by Crippen LogP contribution is 2.21. The molecule has 0 unspecified atom stereocenters. The molecule has 0 N–H and O–H groups in total. The highest BCUT2D eigenvalue weighted by Gasteiger charge is 2.15. The maximum atomic E-state index is 11.0. The van der Waals surface area contributed by atoms with Crippen LogP contribution >= 0.6 is 0 Å². The number of esters is 1. The molecule has 0 aromatic rings. The van der Waals surface area contributed by atoms with E-state index in [1.54, 1.807) is 0 Å². The lowest BCUT2D eigenvalue weighted by molar-refractivity contribution is -0.140. The predicted octanol–water partition coefficient (Wildman–Crippen LogP) is 2.59. The molecule has 0 saturated heterocycles. The zero-order valence-electron chi connectivity index (χ0n) is 12.2. The molecule has 18 heavy (non-hydrogen) atoms. The van der Waals surface area contributed by atoms with E-state index in [0.29, 0.717) is 6.42 Å². The van der Waals surface area contributed by atoms with E-state index in [1.165, 1.54) is 7.11 Å². The Morgan fingerprint density at radius 1 is 1.33 bits per heavy atom. The largest absolute Gasteiger partial charge is 0.469 e. The summed E-state index contributed by atoms with van der Waals surface area (Å²) in [7, 11) is 1.42. The molecule has 0 fully saturated rings. The summed E-state index contributed by atoms with van der Waals surface area (Å²) in [6, 6.07) is 2.32. The first kappa shape index (κ1) is 16.9. The third-order valence-corrected chi connectivity index (χ3v) is 3.14. The molecule has 0 aromatic heterocycles. The van der Waals surface area contributed by atoms with Gasteiger partial charge in [0.05, 0.1) is 25.0 Å². The zero-order valence-corrected chi connectivity index (χ0v) is 12.2. The molecular formula is C14H26N2O2. The van der Waals surface area contributed by atoms with Gasteiger partial charge in [-0.15, -0.1) is 0 Å². The van der Waals surface area contributed by atoms with Gasteiger partial charge in [-0.2, -0.15) is 5.26 Å². The van der Waals surface area contributed by atoms with E-state index >= 15 is 0 Å². The van der Waals surface area contributed by atoms with E-state index in [2.05, 4.69) is 22.6 Å². The normalized spacial score (nSPS) is 11.3. The summed E-state index contributed by atoms with van der Waals surface area (Å²) >= 11 is 0. The summed E-state index contributed by atoms with van der Waals surface area (Å²) in [5.41, 5.74) is -0.219. The molecule has 0 radical (unpaired) electrons. The van der Waals surface area contributed by atoms with Gasteiger partial charge in [0.2, 0.25) is 0 Å². The summed E-state index contributed by atoms with van der Waals surface area (Å²) in [6.07, 6.45) is 3.50. The first-order chi connectivity index (χ1) is 8.45. The lowest BCUT2D eigenvalue weighted by Crippen LogP contribution is -2.27. The van der Waals surface area contributed by atoms with Crippen LogP contribution in [0.15, 0.2) is 0 Å². The second kappa shape index (κ2) is 8.93. The summed E-state index contributed by atoms with van der Waals surface area (Å²) in [4.78, 5) is 13.3. The number of hydrogen-bond acceptors (Lipinski definition) is 4. The van der Waals surface area contributed by atoms with Crippen molar-refractivity contribution in [1.82, 2.24) is 4.90 Å². The number of hydrogen-bond donors (Lipinski definition) is 0. The smallest absolute Gasteiger partial charge is 0.306 e. The lowest BCUT2D eigenvalue weighted by Gasteiger charge is -2.20. The molecule has 0 aliphatic rings. The van der Waals surface area contributed by atoms with Crippen molar-refractivity contribution in [2.24, 2.45) is 5.41 Å². The number of carbonyl (C=O) groups is 1. The summed E-state index contributed by atoms with van der Waals surface area (Å²) in [5, 5.41) is 8.91. The first-order valence-corrected chi connectivity index (χ1v) is 6.65. The van der Waals surface area contributed by atoms with Crippen LogP contribution in [0.1, 0.15) is 46.5 Å². The van der Waals surface area contributed by atoms with Crippen molar-refractivity contribution in [3.63, 3.8) is 0 Å². The average molecular weight is 254 g/mol. The quantitative estimate of drug-likeness (QED) is 0.469. The Balaban J connectivity index is 3.75. The van der Waals surface area contributed by atoms with Crippen LogP contribution in [0.25, 0.3) is 0 Å². The Hall–Kier alpha value is -1.08. The maximum Gasteiger partial charge on any atom is 0.306 e. The lowest BCUT2D eigenvalue weighted by atomic mass is 9.89. The fourth-order valence-corrected chi connectivity index (χ4v) is 1.74. The standard InChI is InChI=1S/C14H26N2O2/c1-5-16(11-8-13(17)18-4)10-7-6-9-14(2,3)12-15/h5-11H2,1-4H3. The minimum Gasteiger partial charge on any atom is -0.469 e. The molecule has 4 heteroatoms. The van der Waals surface area contributed by atoms with E-state index in [-0.39, 0.29) is 11.4 Å². The number of carbonyl (C=O) groups excluding carboxylic acids is 1. The fourth-order valence-electron chi connectivity index (χ4n) is 1.74. The van der Waals surface area contributed by atoms with Crippen molar-refractivity contribution in [1.29, 1.82) is 5.26 Å². The highest BCUT2D eigenvalue weighted by molar-refractivity contribution is 5.69. The Kier molecular flexibility index (Phi) is 8.40. The van der Waals surface area contributed by atoms with Gasteiger partial charge in [-0.25, -0.2) is 0 Å². The van der Waals surface area contributed by atoms with Gasteiger partial charge in [-0.3, -0.25) is 4.79 Å². The molecule has 0 spiro atoms. The van der Waals surface area contributed by atoms with E-state index < -0.39 is 0 Å². The molecule has 0 saturated carbocycles. The fraction of sp³-hybridized carbons (Fsp3) is 0.857. The molecule has 0 amide bonds. The summed E-state index contributed by atoms with van der Waals surface area (Å²) in [6.45, 7) is 8.72. The number of nitrogens with zero attached hydrogens (tertiary/aromatic N) is 2. The van der Waals surface area contributed by atoms with Crippen molar-refractivity contribution in [2.45, 2.75) is 46.5 Å². The minimum absolute atomic E-state index is 0.154. The van der Waals surface area contributed by atoms with E-state index in [9.17, 15) is 4.79 Å². The SMILES string of the molecule is CCN(CCCCC(C)(C)C#N)CCC(=O)OC. The predicted molar refractivity (Wildman–Crippen MR) is 72.0 cm³/mol. The van der Waals surface area contributed by atoms with Crippen molar-refractivity contribution >= 4 is 5.97 Å². The first-order valence-electron chi connectivity index (χ1n) is 6.65. The molecule has 0 rings (SSSR count). The third kappa shape index (κ3) is 8.08. The van der Waals surface area contributed by atoms with Crippen LogP contribution in [0.5, 0.6) is 0 Å². The van der Waals surface area contributed by atoms with Crippen LogP contribution in [-0.2, 0) is 9.53 Å². The Labute approximate surface area is 111 Å². The monoisotopic (exact) mass is 254 g/mol. The van der Waals surface area contributed by atoms with Gasteiger partial charge in [0.25, 0.3) is 0 Å². The van der Waals surface area contributed by atoms with Crippen molar-refractivity contribution < 1.29 is 9.53 Å². The molecule has 104 valence electrons. The third-order valence-electron chi connectivity index (χ3n) is 3.14. The molecule has 0 heterocycles. The van der Waals surface area contributed by atoms with Crippen LogP contribution in [-0.4, -0.2) is 37.6 Å². The van der Waals surface area contributed by atoms with Gasteiger partial charge in [-0.05, 0) is 39.8 Å². The second-order valence-electron chi connectivity index (χ2n) is 5.21. The number of nitriles is 1. The van der Waals surface area contributed by atoms with E-state index in [1.807, 2.05) is 13.8 Å². The topological polar surface area (TPSA) is 53.3 Å². The molecular weight excluding hydrogens is 228 g/mol. The molecule has 0 aliphatic heterocycles. The van der Waals surface area contributed by atoms with Crippen molar-refractivity contribution in [3.8, 4) is 6.07 Å². The number of unbranched alkanes of at least 4 members (excludes halogenated alkanes) is 1. The van der Waals surface area contributed by atoms with E-state index in [0.717, 1.165) is 38.9 Å². The summed E-state index contributed by atoms with van der Waals surface area (Å²) in [5.74, 6) is -0.154. The number of ether oxygens (including phenoxy) is 1. The molecule has 4 nitrogen and oxygen atoms in total. The zero-order chi connectivity index (χ0) is 14.0. The van der Waals surface area contributed by atoms with Gasteiger partial charge >= 0.3 is 5.97 Å². The second-order valence-corrected chi connectivity index (χ2v) is 5.21. The van der Waals surface area contributed by atoms with Crippen LogP contribution in [0.4, 0.5) is 0 Å². The van der Waals surface area contributed by atoms with Gasteiger partial charge in [0.1, 0.15) is 0 Å². The Bertz CT molecular complexity index is 282.